The molecule has 172 valence electrons. The summed E-state index contributed by atoms with van der Waals surface area (Å²) in [6, 6.07) is 12.5. The van der Waals surface area contributed by atoms with Crippen LogP contribution in [0.5, 0.6) is 0 Å². The molecule has 3 aromatic rings. The molecule has 1 fully saturated rings. The number of amides is 1. The second-order valence-electron chi connectivity index (χ2n) is 8.62. The number of hydrogen-bond acceptors (Lipinski definition) is 5. The van der Waals surface area contributed by atoms with Crippen LogP contribution in [-0.2, 0) is 11.2 Å². The van der Waals surface area contributed by atoms with Crippen molar-refractivity contribution in [3.05, 3.63) is 80.2 Å². The normalized spacial score (nSPS) is 18.8. The van der Waals surface area contributed by atoms with E-state index in [1.807, 2.05) is 31.2 Å². The topological polar surface area (TPSA) is 63.0 Å². The van der Waals surface area contributed by atoms with E-state index in [0.717, 1.165) is 56.8 Å². The van der Waals surface area contributed by atoms with Crippen LogP contribution in [0.4, 0.5) is 0 Å². The fraction of sp³-hybridized carbons (Fsp3) is 0.385. The Morgan fingerprint density at radius 1 is 1.03 bits per heavy atom. The van der Waals surface area contributed by atoms with Crippen molar-refractivity contribution in [3.8, 4) is 0 Å². The van der Waals surface area contributed by atoms with Gasteiger partial charge in [-0.25, -0.2) is 0 Å². The summed E-state index contributed by atoms with van der Waals surface area (Å²) in [5.74, 6) is -0.0754. The smallest absolute Gasteiger partial charge is 0.290 e. The summed E-state index contributed by atoms with van der Waals surface area (Å²) in [5.41, 5.74) is 2.66. The summed E-state index contributed by atoms with van der Waals surface area (Å²) in [4.78, 5) is 31.3. The Hall–Kier alpha value is -2.67. The van der Waals surface area contributed by atoms with Crippen molar-refractivity contribution in [1.82, 2.24) is 9.80 Å². The highest BCUT2D eigenvalue weighted by Crippen LogP contribution is 2.38. The molecule has 1 aromatic heterocycles. The Balaban J connectivity index is 1.54. The quantitative estimate of drug-likeness (QED) is 0.542. The van der Waals surface area contributed by atoms with E-state index in [4.69, 9.17) is 20.8 Å². The van der Waals surface area contributed by atoms with Gasteiger partial charge in [-0.2, -0.15) is 0 Å². The van der Waals surface area contributed by atoms with Crippen molar-refractivity contribution in [2.45, 2.75) is 25.8 Å². The molecule has 33 heavy (non-hydrogen) atoms. The van der Waals surface area contributed by atoms with Gasteiger partial charge >= 0.3 is 0 Å². The average Bonchev–Trinajstić information content (AvgIpc) is 3.12. The summed E-state index contributed by atoms with van der Waals surface area (Å²) < 4.78 is 11.5. The first kappa shape index (κ1) is 22.1. The predicted molar refractivity (Wildman–Crippen MR) is 128 cm³/mol. The molecule has 2 aliphatic heterocycles. The van der Waals surface area contributed by atoms with Crippen molar-refractivity contribution in [1.29, 1.82) is 0 Å². The van der Waals surface area contributed by atoms with E-state index >= 15 is 0 Å². The van der Waals surface area contributed by atoms with Gasteiger partial charge in [0, 0.05) is 31.2 Å². The number of nitrogens with zero attached hydrogens (tertiary/aromatic N) is 2. The van der Waals surface area contributed by atoms with Crippen molar-refractivity contribution in [3.63, 3.8) is 0 Å². The lowest BCUT2D eigenvalue weighted by Gasteiger charge is -2.29. The highest BCUT2D eigenvalue weighted by molar-refractivity contribution is 6.30. The fourth-order valence-corrected chi connectivity index (χ4v) is 4.93. The summed E-state index contributed by atoms with van der Waals surface area (Å²) in [6.45, 7) is 6.74. The first-order valence-electron chi connectivity index (χ1n) is 11.5. The van der Waals surface area contributed by atoms with Gasteiger partial charge in [-0.3, -0.25) is 14.5 Å². The zero-order valence-corrected chi connectivity index (χ0v) is 19.4. The maximum atomic E-state index is 13.7. The standard InChI is InChI=1S/C26H27ClN2O4/c1-2-17-4-9-21-20(16-17)24(30)22-23(18-5-7-19(27)8-6-18)29(26(31)25(22)33-21)11-3-10-28-12-14-32-15-13-28/h4-9,16,23H,2-3,10-15H2,1H3. The third kappa shape index (κ3) is 4.19. The largest absolute Gasteiger partial charge is 0.450 e. The predicted octanol–water partition coefficient (Wildman–Crippen LogP) is 4.28. The number of halogens is 1. The van der Waals surface area contributed by atoms with Gasteiger partial charge in [0.2, 0.25) is 5.76 Å². The second-order valence-corrected chi connectivity index (χ2v) is 9.05. The van der Waals surface area contributed by atoms with Gasteiger partial charge < -0.3 is 14.1 Å². The minimum absolute atomic E-state index is 0.134. The third-order valence-corrected chi connectivity index (χ3v) is 6.85. The molecule has 7 heteroatoms. The lowest BCUT2D eigenvalue weighted by atomic mass is 9.98. The number of aryl methyl sites for hydroxylation is 1. The molecule has 0 N–H and O–H groups in total. The van der Waals surface area contributed by atoms with Crippen LogP contribution in [0.2, 0.25) is 5.02 Å². The van der Waals surface area contributed by atoms with Crippen molar-refractivity contribution in [2.24, 2.45) is 0 Å². The van der Waals surface area contributed by atoms with Gasteiger partial charge in [0.1, 0.15) is 5.58 Å². The first-order valence-corrected chi connectivity index (χ1v) is 11.9. The molecule has 2 aromatic carbocycles. The van der Waals surface area contributed by atoms with Crippen LogP contribution in [0.25, 0.3) is 11.0 Å². The van der Waals surface area contributed by atoms with Gasteiger partial charge in [-0.1, -0.05) is 36.7 Å². The number of fused-ring (bicyclic) bond motifs is 2. The number of hydrogen-bond donors (Lipinski definition) is 0. The average molecular weight is 467 g/mol. The molecular formula is C26H27ClN2O4. The molecule has 1 unspecified atom stereocenters. The molecule has 0 saturated carbocycles. The third-order valence-electron chi connectivity index (χ3n) is 6.60. The lowest BCUT2D eigenvalue weighted by Crippen LogP contribution is -2.38. The molecule has 5 rings (SSSR count). The lowest BCUT2D eigenvalue weighted by molar-refractivity contribution is 0.0353. The summed E-state index contributed by atoms with van der Waals surface area (Å²) in [6.07, 6.45) is 1.62. The molecule has 0 spiro atoms. The Morgan fingerprint density at radius 3 is 2.52 bits per heavy atom. The number of rotatable bonds is 6. The van der Waals surface area contributed by atoms with Gasteiger partial charge in [-0.15, -0.1) is 0 Å². The van der Waals surface area contributed by atoms with E-state index < -0.39 is 6.04 Å². The molecule has 1 amide bonds. The van der Waals surface area contributed by atoms with Gasteiger partial charge in [0.25, 0.3) is 5.91 Å². The van der Waals surface area contributed by atoms with Crippen LogP contribution in [-0.4, -0.2) is 55.1 Å². The molecule has 1 atom stereocenters. The highest BCUT2D eigenvalue weighted by atomic mass is 35.5. The van der Waals surface area contributed by atoms with Crippen LogP contribution in [0.15, 0.2) is 51.7 Å². The summed E-state index contributed by atoms with van der Waals surface area (Å²) >= 11 is 6.12. The van der Waals surface area contributed by atoms with Crippen molar-refractivity contribution >= 4 is 28.5 Å². The molecule has 1 saturated heterocycles. The first-order chi connectivity index (χ1) is 16.1. The molecule has 0 bridgehead atoms. The highest BCUT2D eigenvalue weighted by Gasteiger charge is 2.42. The van der Waals surface area contributed by atoms with Crippen LogP contribution in [0, 0.1) is 0 Å². The minimum Gasteiger partial charge on any atom is -0.450 e. The minimum atomic E-state index is -0.486. The Bertz CT molecular complexity index is 1230. The number of morpholine rings is 1. The van der Waals surface area contributed by atoms with Crippen LogP contribution < -0.4 is 5.43 Å². The van der Waals surface area contributed by atoms with E-state index in [1.165, 1.54) is 0 Å². The van der Waals surface area contributed by atoms with Crippen LogP contribution in [0.3, 0.4) is 0 Å². The van der Waals surface area contributed by atoms with Crippen LogP contribution in [0.1, 0.15) is 46.6 Å². The van der Waals surface area contributed by atoms with E-state index in [0.29, 0.717) is 28.1 Å². The van der Waals surface area contributed by atoms with E-state index in [9.17, 15) is 9.59 Å². The summed E-state index contributed by atoms with van der Waals surface area (Å²) in [5, 5.41) is 1.13. The van der Waals surface area contributed by atoms with Gasteiger partial charge in [0.15, 0.2) is 5.43 Å². The van der Waals surface area contributed by atoms with Gasteiger partial charge in [0.05, 0.1) is 30.2 Å². The molecule has 2 aliphatic rings. The summed E-state index contributed by atoms with van der Waals surface area (Å²) in [7, 11) is 0. The van der Waals surface area contributed by atoms with Crippen molar-refractivity contribution < 1.29 is 13.9 Å². The maximum absolute atomic E-state index is 13.7. The number of ether oxygens (including phenoxy) is 1. The second kappa shape index (κ2) is 9.29. The Morgan fingerprint density at radius 2 is 1.79 bits per heavy atom. The Labute approximate surface area is 197 Å². The molecule has 0 radical (unpaired) electrons. The van der Waals surface area contributed by atoms with E-state index in [2.05, 4.69) is 4.90 Å². The van der Waals surface area contributed by atoms with Crippen LogP contribution >= 0.6 is 11.6 Å². The molecule has 6 nitrogen and oxygen atoms in total. The Kier molecular flexibility index (Phi) is 6.23. The number of benzene rings is 2. The number of carbonyl (C=O) groups is 1. The number of carbonyl (C=O) groups excluding carboxylic acids is 1. The molecular weight excluding hydrogens is 440 g/mol. The molecule has 0 aliphatic carbocycles. The fourth-order valence-electron chi connectivity index (χ4n) is 4.80. The SMILES string of the molecule is CCc1ccc2oc3c(c(=O)c2c1)C(c1ccc(Cl)cc1)N(CCCN1CCOCC1)C3=O. The van der Waals surface area contributed by atoms with E-state index in [1.54, 1.807) is 23.1 Å². The zero-order chi connectivity index (χ0) is 22.9. The van der Waals surface area contributed by atoms with Crippen molar-refractivity contribution in [2.75, 3.05) is 39.4 Å². The van der Waals surface area contributed by atoms with E-state index in [-0.39, 0.29) is 17.1 Å². The van der Waals surface area contributed by atoms with Gasteiger partial charge in [-0.05, 0) is 48.2 Å². The maximum Gasteiger partial charge on any atom is 0.290 e. The molecule has 3 heterocycles. The monoisotopic (exact) mass is 466 g/mol. The zero-order valence-electron chi connectivity index (χ0n) is 18.7.